The lowest BCUT2D eigenvalue weighted by Gasteiger charge is -2.14. The van der Waals surface area contributed by atoms with E-state index in [-0.39, 0.29) is 18.1 Å². The van der Waals surface area contributed by atoms with Gasteiger partial charge >= 0.3 is 5.97 Å². The van der Waals surface area contributed by atoms with Crippen LogP contribution in [0.4, 0.5) is 11.4 Å². The van der Waals surface area contributed by atoms with E-state index < -0.39 is 11.9 Å². The van der Waals surface area contributed by atoms with Gasteiger partial charge in [0.05, 0.1) is 23.4 Å². The second-order valence-electron chi connectivity index (χ2n) is 7.93. The molecule has 0 aliphatic heterocycles. The van der Waals surface area contributed by atoms with Crippen molar-refractivity contribution < 1.29 is 28.6 Å². The summed E-state index contributed by atoms with van der Waals surface area (Å²) in [6.45, 7) is 1.72. The highest BCUT2D eigenvalue weighted by Crippen LogP contribution is 2.34. The number of carbonyl (C=O) groups is 3. The number of rotatable bonds is 9. The SMILES string of the molecule is COC(=O)c1ccc(NC(=O)/C(C#N)=C/c2cc(I)c(OCC(=O)Nc3ccc(C)cc3)c(OC)c2)cc1. The molecule has 3 aromatic rings. The third-order valence-electron chi connectivity index (χ3n) is 5.17. The first-order valence-corrected chi connectivity index (χ1v) is 12.3. The molecule has 0 unspecified atom stereocenters. The second-order valence-corrected chi connectivity index (χ2v) is 9.09. The zero-order chi connectivity index (χ0) is 27.7. The van der Waals surface area contributed by atoms with Crippen LogP contribution in [0.3, 0.4) is 0 Å². The van der Waals surface area contributed by atoms with Gasteiger partial charge in [-0.25, -0.2) is 4.79 Å². The van der Waals surface area contributed by atoms with Gasteiger partial charge in [0, 0.05) is 11.4 Å². The van der Waals surface area contributed by atoms with Crippen LogP contribution in [-0.4, -0.2) is 38.6 Å². The number of methoxy groups -OCH3 is 2. The third-order valence-corrected chi connectivity index (χ3v) is 5.98. The number of halogens is 1. The summed E-state index contributed by atoms with van der Waals surface area (Å²) >= 11 is 2.03. The summed E-state index contributed by atoms with van der Waals surface area (Å²) in [5.74, 6) is -0.761. The number of esters is 1. The first kappa shape index (κ1) is 28.2. The summed E-state index contributed by atoms with van der Waals surface area (Å²) in [5, 5.41) is 15.0. The van der Waals surface area contributed by atoms with Crippen LogP contribution in [0.1, 0.15) is 21.5 Å². The quantitative estimate of drug-likeness (QED) is 0.149. The van der Waals surface area contributed by atoms with Crippen LogP contribution in [0.5, 0.6) is 11.5 Å². The smallest absolute Gasteiger partial charge is 0.337 e. The van der Waals surface area contributed by atoms with E-state index in [9.17, 15) is 19.6 Å². The Balaban J connectivity index is 1.71. The molecule has 0 aromatic heterocycles. The Morgan fingerprint density at radius 3 is 2.21 bits per heavy atom. The molecule has 0 saturated carbocycles. The fraction of sp³-hybridized carbons (Fsp3) is 0.143. The Morgan fingerprint density at radius 1 is 0.974 bits per heavy atom. The molecule has 0 radical (unpaired) electrons. The first-order valence-electron chi connectivity index (χ1n) is 11.2. The molecule has 0 aliphatic rings. The van der Waals surface area contributed by atoms with Gasteiger partial charge in [-0.2, -0.15) is 5.26 Å². The minimum atomic E-state index is -0.625. The largest absolute Gasteiger partial charge is 0.493 e. The lowest BCUT2D eigenvalue weighted by Crippen LogP contribution is -2.20. The van der Waals surface area contributed by atoms with Crippen molar-refractivity contribution >= 4 is 57.8 Å². The fourth-order valence-electron chi connectivity index (χ4n) is 3.26. The number of nitrogens with zero attached hydrogens (tertiary/aromatic N) is 1. The monoisotopic (exact) mass is 625 g/mol. The molecular weight excluding hydrogens is 601 g/mol. The number of benzene rings is 3. The predicted molar refractivity (Wildman–Crippen MR) is 151 cm³/mol. The number of carbonyl (C=O) groups excluding carboxylic acids is 3. The van der Waals surface area contributed by atoms with Crippen molar-refractivity contribution in [3.8, 4) is 17.6 Å². The van der Waals surface area contributed by atoms with Crippen molar-refractivity contribution in [1.29, 1.82) is 5.26 Å². The fourth-order valence-corrected chi connectivity index (χ4v) is 4.04. The minimum Gasteiger partial charge on any atom is -0.493 e. The van der Waals surface area contributed by atoms with Crippen molar-refractivity contribution in [2.45, 2.75) is 6.92 Å². The number of nitriles is 1. The van der Waals surface area contributed by atoms with Gasteiger partial charge < -0.3 is 24.8 Å². The second kappa shape index (κ2) is 13.3. The van der Waals surface area contributed by atoms with Crippen molar-refractivity contribution in [2.24, 2.45) is 0 Å². The number of aryl methyl sites for hydroxylation is 1. The van der Waals surface area contributed by atoms with Gasteiger partial charge in [-0.15, -0.1) is 0 Å². The van der Waals surface area contributed by atoms with Crippen molar-refractivity contribution in [2.75, 3.05) is 31.5 Å². The number of ether oxygens (including phenoxy) is 3. The molecule has 2 N–H and O–H groups in total. The highest BCUT2D eigenvalue weighted by atomic mass is 127. The number of nitrogens with one attached hydrogen (secondary N) is 2. The Kier molecular flexibility index (Phi) is 9.84. The molecule has 0 heterocycles. The molecule has 0 saturated heterocycles. The van der Waals surface area contributed by atoms with Crippen LogP contribution in [0.15, 0.2) is 66.2 Å². The van der Waals surface area contributed by atoms with E-state index in [2.05, 4.69) is 15.4 Å². The minimum absolute atomic E-state index is 0.147. The molecule has 0 fully saturated rings. The number of hydrogen-bond donors (Lipinski definition) is 2. The molecule has 194 valence electrons. The maximum atomic E-state index is 12.7. The average Bonchev–Trinajstić information content (AvgIpc) is 2.91. The van der Waals surface area contributed by atoms with Crippen LogP contribution >= 0.6 is 22.6 Å². The van der Waals surface area contributed by atoms with E-state index in [0.717, 1.165) is 5.56 Å². The van der Waals surface area contributed by atoms with Crippen LogP contribution < -0.4 is 20.1 Å². The summed E-state index contributed by atoms with van der Waals surface area (Å²) in [6, 6.07) is 18.7. The highest BCUT2D eigenvalue weighted by Gasteiger charge is 2.16. The standard InChI is InChI=1S/C28H24IN3O6/c1-17-4-8-21(9-5-17)31-25(33)16-38-26-23(29)13-18(14-24(26)36-2)12-20(15-30)27(34)32-22-10-6-19(7-11-22)28(35)37-3/h4-14H,16H2,1-3H3,(H,31,33)(H,32,34)/b20-12+. The van der Waals surface area contributed by atoms with E-state index in [1.807, 2.05) is 47.7 Å². The molecule has 3 aromatic carbocycles. The number of hydrogen-bond acceptors (Lipinski definition) is 7. The van der Waals surface area contributed by atoms with Crippen molar-refractivity contribution in [3.63, 3.8) is 0 Å². The molecule has 38 heavy (non-hydrogen) atoms. The topological polar surface area (TPSA) is 127 Å². The molecule has 3 rings (SSSR count). The molecule has 9 nitrogen and oxygen atoms in total. The Hall–Kier alpha value is -4.37. The lowest BCUT2D eigenvalue weighted by molar-refractivity contribution is -0.118. The molecule has 0 spiro atoms. The predicted octanol–water partition coefficient (Wildman–Crippen LogP) is 4.96. The van der Waals surface area contributed by atoms with Crippen LogP contribution in [0, 0.1) is 21.8 Å². The molecule has 2 amide bonds. The van der Waals surface area contributed by atoms with Gasteiger partial charge in [-0.1, -0.05) is 17.7 Å². The molecule has 0 atom stereocenters. The normalized spacial score (nSPS) is 10.7. The molecule has 0 bridgehead atoms. The summed E-state index contributed by atoms with van der Waals surface area (Å²) < 4.78 is 16.4. The van der Waals surface area contributed by atoms with Crippen LogP contribution in [0.25, 0.3) is 6.08 Å². The van der Waals surface area contributed by atoms with Crippen LogP contribution in [-0.2, 0) is 14.3 Å². The van der Waals surface area contributed by atoms with Gasteiger partial charge in [0.1, 0.15) is 11.6 Å². The van der Waals surface area contributed by atoms with E-state index in [1.54, 1.807) is 24.3 Å². The molecule has 10 heteroatoms. The van der Waals surface area contributed by atoms with Gasteiger partial charge in [0.2, 0.25) is 0 Å². The van der Waals surface area contributed by atoms with Crippen molar-refractivity contribution in [3.05, 3.63) is 86.5 Å². The van der Waals surface area contributed by atoms with E-state index in [0.29, 0.717) is 37.6 Å². The van der Waals surface area contributed by atoms with Crippen molar-refractivity contribution in [1.82, 2.24) is 0 Å². The number of amides is 2. The number of anilines is 2. The summed E-state index contributed by atoms with van der Waals surface area (Å²) in [5.41, 5.74) is 2.86. The van der Waals surface area contributed by atoms with Crippen LogP contribution in [0.2, 0.25) is 0 Å². The average molecular weight is 625 g/mol. The highest BCUT2D eigenvalue weighted by molar-refractivity contribution is 14.1. The van der Waals surface area contributed by atoms with Gasteiger partial charge in [-0.05, 0) is 89.7 Å². The van der Waals surface area contributed by atoms with Gasteiger partial charge in [-0.3, -0.25) is 9.59 Å². The molecule has 0 aliphatic carbocycles. The summed E-state index contributed by atoms with van der Waals surface area (Å²) in [7, 11) is 2.73. The zero-order valence-electron chi connectivity index (χ0n) is 20.8. The van der Waals surface area contributed by atoms with E-state index in [1.165, 1.54) is 44.6 Å². The first-order chi connectivity index (χ1) is 18.2. The Morgan fingerprint density at radius 2 is 1.61 bits per heavy atom. The summed E-state index contributed by atoms with van der Waals surface area (Å²) in [6.07, 6.45) is 1.41. The van der Waals surface area contributed by atoms with Gasteiger partial charge in [0.25, 0.3) is 11.8 Å². The molecular formula is C28H24IN3O6. The van der Waals surface area contributed by atoms with Gasteiger partial charge in [0.15, 0.2) is 18.1 Å². The Labute approximate surface area is 233 Å². The van der Waals surface area contributed by atoms with E-state index >= 15 is 0 Å². The Bertz CT molecular complexity index is 1410. The maximum absolute atomic E-state index is 12.7. The lowest BCUT2D eigenvalue weighted by atomic mass is 10.1. The van der Waals surface area contributed by atoms with E-state index in [4.69, 9.17) is 9.47 Å². The zero-order valence-corrected chi connectivity index (χ0v) is 23.0. The third kappa shape index (κ3) is 7.57. The maximum Gasteiger partial charge on any atom is 0.337 e. The summed E-state index contributed by atoms with van der Waals surface area (Å²) in [4.78, 5) is 36.6.